The molecule has 1 heterocycles. The first kappa shape index (κ1) is 15.3. The maximum Gasteiger partial charge on any atom is 0.0223 e. The third-order valence-electron chi connectivity index (χ3n) is 5.08. The molecule has 1 aliphatic heterocycles. The molecule has 2 atom stereocenters. The number of rotatable bonds is 5. The zero-order chi connectivity index (χ0) is 13.5. The van der Waals surface area contributed by atoms with Crippen molar-refractivity contribution in [2.45, 2.75) is 71.3 Å². The Balaban J connectivity index is 1.83. The summed E-state index contributed by atoms with van der Waals surface area (Å²) < 4.78 is 0. The molecule has 0 aromatic rings. The van der Waals surface area contributed by atoms with Gasteiger partial charge in [-0.1, -0.05) is 39.5 Å². The van der Waals surface area contributed by atoms with Crippen molar-refractivity contribution in [3.63, 3.8) is 0 Å². The van der Waals surface area contributed by atoms with Crippen molar-refractivity contribution < 1.29 is 0 Å². The van der Waals surface area contributed by atoms with E-state index in [-0.39, 0.29) is 0 Å². The highest BCUT2D eigenvalue weighted by Gasteiger charge is 2.27. The minimum absolute atomic E-state index is 0.775. The van der Waals surface area contributed by atoms with E-state index in [0.29, 0.717) is 0 Å². The molecule has 2 heteroatoms. The van der Waals surface area contributed by atoms with Crippen LogP contribution in [-0.4, -0.2) is 37.1 Å². The van der Waals surface area contributed by atoms with Gasteiger partial charge in [0, 0.05) is 19.1 Å². The maximum atomic E-state index is 3.84. The second-order valence-corrected chi connectivity index (χ2v) is 6.97. The van der Waals surface area contributed by atoms with E-state index in [0.717, 1.165) is 17.9 Å². The lowest BCUT2D eigenvalue weighted by Crippen LogP contribution is -2.44. The van der Waals surface area contributed by atoms with Gasteiger partial charge in [-0.25, -0.2) is 0 Å². The molecule has 2 fully saturated rings. The first-order valence-electron chi connectivity index (χ1n) is 8.75. The summed E-state index contributed by atoms with van der Waals surface area (Å²) in [5.41, 5.74) is 0. The topological polar surface area (TPSA) is 15.3 Å². The molecule has 0 radical (unpaired) electrons. The van der Waals surface area contributed by atoms with E-state index in [2.05, 4.69) is 24.1 Å². The molecule has 1 saturated carbocycles. The van der Waals surface area contributed by atoms with Crippen LogP contribution >= 0.6 is 0 Å². The molecule has 2 unspecified atom stereocenters. The van der Waals surface area contributed by atoms with Gasteiger partial charge in [-0.05, 0) is 50.6 Å². The largest absolute Gasteiger partial charge is 0.312 e. The Labute approximate surface area is 120 Å². The fourth-order valence-electron chi connectivity index (χ4n) is 4.07. The molecular formula is C17H34N2. The van der Waals surface area contributed by atoms with Crippen LogP contribution in [0.15, 0.2) is 0 Å². The lowest BCUT2D eigenvalue weighted by Gasteiger charge is -2.33. The summed E-state index contributed by atoms with van der Waals surface area (Å²) in [6.07, 6.45) is 11.4. The van der Waals surface area contributed by atoms with Crippen LogP contribution in [-0.2, 0) is 0 Å². The quantitative estimate of drug-likeness (QED) is 0.817. The molecule has 1 aliphatic carbocycles. The average Bonchev–Trinajstić information content (AvgIpc) is 2.65. The Morgan fingerprint density at radius 1 is 1.16 bits per heavy atom. The van der Waals surface area contributed by atoms with E-state index >= 15 is 0 Å². The number of hydrogen-bond donors (Lipinski definition) is 1. The molecule has 2 rings (SSSR count). The Bertz CT molecular complexity index is 235. The van der Waals surface area contributed by atoms with Gasteiger partial charge in [0.15, 0.2) is 0 Å². The summed E-state index contributed by atoms with van der Waals surface area (Å²) in [6, 6.07) is 0.775. The SMILES string of the molecule is CCCC(C)CN1CCCNC(C2CCCCC2)C1. The highest BCUT2D eigenvalue weighted by atomic mass is 15.2. The standard InChI is InChI=1S/C17H34N2/c1-3-8-15(2)13-19-12-7-11-18-17(14-19)16-9-5-4-6-10-16/h15-18H,3-14H2,1-2H3. The lowest BCUT2D eigenvalue weighted by molar-refractivity contribution is 0.186. The molecule has 112 valence electrons. The monoisotopic (exact) mass is 266 g/mol. The molecule has 0 aromatic carbocycles. The first-order valence-corrected chi connectivity index (χ1v) is 8.75. The third kappa shape index (κ3) is 5.07. The van der Waals surface area contributed by atoms with Crippen LogP contribution in [0.5, 0.6) is 0 Å². The van der Waals surface area contributed by atoms with Crippen LogP contribution in [0.1, 0.15) is 65.2 Å². The summed E-state index contributed by atoms with van der Waals surface area (Å²) in [7, 11) is 0. The first-order chi connectivity index (χ1) is 9.29. The zero-order valence-electron chi connectivity index (χ0n) is 13.2. The van der Waals surface area contributed by atoms with Crippen LogP contribution in [0.25, 0.3) is 0 Å². The Kier molecular flexibility index (Phi) is 6.66. The van der Waals surface area contributed by atoms with Gasteiger partial charge >= 0.3 is 0 Å². The molecule has 2 nitrogen and oxygen atoms in total. The van der Waals surface area contributed by atoms with Gasteiger partial charge in [-0.2, -0.15) is 0 Å². The molecule has 0 amide bonds. The van der Waals surface area contributed by atoms with Crippen molar-refractivity contribution in [2.75, 3.05) is 26.2 Å². The number of nitrogens with zero attached hydrogens (tertiary/aromatic N) is 1. The normalized spacial score (nSPS) is 29.1. The fourth-order valence-corrected chi connectivity index (χ4v) is 4.07. The van der Waals surface area contributed by atoms with E-state index < -0.39 is 0 Å². The lowest BCUT2D eigenvalue weighted by atomic mass is 9.83. The smallest absolute Gasteiger partial charge is 0.0223 e. The van der Waals surface area contributed by atoms with Gasteiger partial charge in [-0.15, -0.1) is 0 Å². The average molecular weight is 266 g/mol. The van der Waals surface area contributed by atoms with Crippen LogP contribution < -0.4 is 5.32 Å². The van der Waals surface area contributed by atoms with Crippen LogP contribution in [0.2, 0.25) is 0 Å². The van der Waals surface area contributed by atoms with Crippen molar-refractivity contribution in [2.24, 2.45) is 11.8 Å². The minimum atomic E-state index is 0.775. The molecular weight excluding hydrogens is 232 g/mol. The summed E-state index contributed by atoms with van der Waals surface area (Å²) >= 11 is 0. The Morgan fingerprint density at radius 3 is 2.68 bits per heavy atom. The summed E-state index contributed by atoms with van der Waals surface area (Å²) in [5.74, 6) is 1.82. The van der Waals surface area contributed by atoms with Gasteiger partial charge < -0.3 is 10.2 Å². The van der Waals surface area contributed by atoms with E-state index in [1.54, 1.807) is 0 Å². The van der Waals surface area contributed by atoms with E-state index in [9.17, 15) is 0 Å². The fraction of sp³-hybridized carbons (Fsp3) is 1.00. The zero-order valence-corrected chi connectivity index (χ0v) is 13.2. The molecule has 1 saturated heterocycles. The van der Waals surface area contributed by atoms with E-state index in [1.165, 1.54) is 77.5 Å². The number of hydrogen-bond acceptors (Lipinski definition) is 2. The molecule has 0 bridgehead atoms. The summed E-state index contributed by atoms with van der Waals surface area (Å²) in [4.78, 5) is 2.75. The van der Waals surface area contributed by atoms with Crippen molar-refractivity contribution >= 4 is 0 Å². The van der Waals surface area contributed by atoms with E-state index in [1.807, 2.05) is 0 Å². The third-order valence-corrected chi connectivity index (χ3v) is 5.08. The van der Waals surface area contributed by atoms with Crippen molar-refractivity contribution in [3.8, 4) is 0 Å². The minimum Gasteiger partial charge on any atom is -0.312 e. The molecule has 0 aromatic heterocycles. The van der Waals surface area contributed by atoms with Crippen LogP contribution in [0.3, 0.4) is 0 Å². The summed E-state index contributed by atoms with van der Waals surface area (Å²) in [6.45, 7) is 9.91. The van der Waals surface area contributed by atoms with Crippen LogP contribution in [0.4, 0.5) is 0 Å². The predicted molar refractivity (Wildman–Crippen MR) is 83.5 cm³/mol. The van der Waals surface area contributed by atoms with Gasteiger partial charge in [0.05, 0.1) is 0 Å². The molecule has 1 N–H and O–H groups in total. The highest BCUT2D eigenvalue weighted by molar-refractivity contribution is 4.84. The van der Waals surface area contributed by atoms with Crippen LogP contribution in [0, 0.1) is 11.8 Å². The summed E-state index contributed by atoms with van der Waals surface area (Å²) in [5, 5.41) is 3.84. The second-order valence-electron chi connectivity index (χ2n) is 6.97. The number of nitrogens with one attached hydrogen (secondary N) is 1. The van der Waals surface area contributed by atoms with Crippen molar-refractivity contribution in [1.29, 1.82) is 0 Å². The molecule has 19 heavy (non-hydrogen) atoms. The predicted octanol–water partition coefficient (Wildman–Crippen LogP) is 3.67. The van der Waals surface area contributed by atoms with Gasteiger partial charge in [-0.3, -0.25) is 0 Å². The van der Waals surface area contributed by atoms with Gasteiger partial charge in [0.2, 0.25) is 0 Å². The maximum absolute atomic E-state index is 3.84. The Morgan fingerprint density at radius 2 is 1.95 bits per heavy atom. The highest BCUT2D eigenvalue weighted by Crippen LogP contribution is 2.27. The Hall–Kier alpha value is -0.0800. The van der Waals surface area contributed by atoms with Crippen molar-refractivity contribution in [1.82, 2.24) is 10.2 Å². The van der Waals surface area contributed by atoms with Gasteiger partial charge in [0.1, 0.15) is 0 Å². The van der Waals surface area contributed by atoms with Gasteiger partial charge in [0.25, 0.3) is 0 Å². The van der Waals surface area contributed by atoms with E-state index in [4.69, 9.17) is 0 Å². The second kappa shape index (κ2) is 8.26. The molecule has 0 spiro atoms. The van der Waals surface area contributed by atoms with Crippen molar-refractivity contribution in [3.05, 3.63) is 0 Å². The molecule has 2 aliphatic rings.